The fourth-order valence-electron chi connectivity index (χ4n) is 3.10. The summed E-state index contributed by atoms with van der Waals surface area (Å²) in [5.41, 5.74) is 3.59. The van der Waals surface area contributed by atoms with E-state index in [0.29, 0.717) is 23.0 Å². The van der Waals surface area contributed by atoms with Gasteiger partial charge in [-0.3, -0.25) is 0 Å². The van der Waals surface area contributed by atoms with Gasteiger partial charge < -0.3 is 9.67 Å². The van der Waals surface area contributed by atoms with Crippen molar-refractivity contribution in [3.8, 4) is 0 Å². The Labute approximate surface area is 165 Å². The molecular formula is C21H16BrClN2O. The number of hydrogen-bond acceptors (Lipinski definition) is 2. The molecule has 0 aliphatic rings. The summed E-state index contributed by atoms with van der Waals surface area (Å²) in [6.07, 6.45) is -0.904. The quantitative estimate of drug-likeness (QED) is 0.461. The second kappa shape index (κ2) is 7.23. The summed E-state index contributed by atoms with van der Waals surface area (Å²) in [6, 6.07) is 23.3. The van der Waals surface area contributed by atoms with Gasteiger partial charge in [0.2, 0.25) is 0 Å². The molecule has 1 N–H and O–H groups in total. The van der Waals surface area contributed by atoms with Crippen molar-refractivity contribution in [1.29, 1.82) is 0 Å². The maximum absolute atomic E-state index is 11.0. The number of nitrogens with zero attached hydrogens (tertiary/aromatic N) is 2. The van der Waals surface area contributed by atoms with Gasteiger partial charge in [0.05, 0.1) is 17.6 Å². The number of rotatable bonds is 4. The first-order valence-electron chi connectivity index (χ1n) is 8.26. The van der Waals surface area contributed by atoms with E-state index in [0.717, 1.165) is 21.1 Å². The van der Waals surface area contributed by atoms with Crippen LogP contribution in [0.5, 0.6) is 0 Å². The standard InChI is InChI=1S/C21H16BrClN2O/c22-16-9-3-1-7-14(16)13-25-19-12-6-5-11-18(19)24-21(25)20(26)15-8-2-4-10-17(15)23/h1-12,20,26H,13H2. The third-order valence-electron chi connectivity index (χ3n) is 4.41. The van der Waals surface area contributed by atoms with Crippen LogP contribution in [0.2, 0.25) is 5.02 Å². The Bertz CT molecular complexity index is 1080. The van der Waals surface area contributed by atoms with Gasteiger partial charge in [-0.15, -0.1) is 0 Å². The minimum absolute atomic E-state index is 0.527. The average Bonchev–Trinajstić information content (AvgIpc) is 3.02. The summed E-state index contributed by atoms with van der Waals surface area (Å²) in [5.74, 6) is 0.579. The van der Waals surface area contributed by atoms with Crippen molar-refractivity contribution >= 4 is 38.6 Å². The maximum atomic E-state index is 11.0. The lowest BCUT2D eigenvalue weighted by molar-refractivity contribution is 0.206. The lowest BCUT2D eigenvalue weighted by Gasteiger charge is -2.16. The summed E-state index contributed by atoms with van der Waals surface area (Å²) in [5, 5.41) is 11.5. The number of imidazole rings is 1. The minimum Gasteiger partial charge on any atom is -0.380 e. The van der Waals surface area contributed by atoms with E-state index < -0.39 is 6.10 Å². The van der Waals surface area contributed by atoms with Gasteiger partial charge in [0.1, 0.15) is 11.9 Å². The normalized spacial score (nSPS) is 12.4. The minimum atomic E-state index is -0.904. The Morgan fingerprint density at radius 2 is 1.65 bits per heavy atom. The first-order chi connectivity index (χ1) is 12.6. The number of hydrogen-bond donors (Lipinski definition) is 1. The van der Waals surface area contributed by atoms with E-state index in [4.69, 9.17) is 16.6 Å². The third-order valence-corrected chi connectivity index (χ3v) is 5.53. The molecule has 4 rings (SSSR count). The highest BCUT2D eigenvalue weighted by Crippen LogP contribution is 2.31. The highest BCUT2D eigenvalue weighted by Gasteiger charge is 2.22. The maximum Gasteiger partial charge on any atom is 0.143 e. The highest BCUT2D eigenvalue weighted by molar-refractivity contribution is 9.10. The zero-order chi connectivity index (χ0) is 18.1. The van der Waals surface area contributed by atoms with Crippen LogP contribution in [-0.4, -0.2) is 14.7 Å². The van der Waals surface area contributed by atoms with Gasteiger partial charge in [-0.25, -0.2) is 4.98 Å². The molecule has 1 aromatic heterocycles. The van der Waals surface area contributed by atoms with Gasteiger partial charge in [0, 0.05) is 15.1 Å². The number of benzene rings is 3. The number of para-hydroxylation sites is 2. The van der Waals surface area contributed by atoms with Crippen molar-refractivity contribution in [3.63, 3.8) is 0 Å². The van der Waals surface area contributed by atoms with Gasteiger partial charge in [-0.1, -0.05) is 76.1 Å². The molecule has 3 aromatic carbocycles. The van der Waals surface area contributed by atoms with E-state index in [1.165, 1.54) is 0 Å². The Morgan fingerprint density at radius 3 is 2.46 bits per heavy atom. The lowest BCUT2D eigenvalue weighted by atomic mass is 10.1. The molecule has 3 nitrogen and oxygen atoms in total. The Hall–Kier alpha value is -2.14. The van der Waals surface area contributed by atoms with E-state index in [-0.39, 0.29) is 0 Å². The molecule has 0 saturated heterocycles. The molecule has 130 valence electrons. The van der Waals surface area contributed by atoms with E-state index in [2.05, 4.69) is 22.0 Å². The zero-order valence-electron chi connectivity index (χ0n) is 13.8. The molecule has 0 saturated carbocycles. The van der Waals surface area contributed by atoms with Crippen molar-refractivity contribution < 1.29 is 5.11 Å². The molecule has 4 aromatic rings. The molecule has 26 heavy (non-hydrogen) atoms. The number of fused-ring (bicyclic) bond motifs is 1. The Morgan fingerprint density at radius 1 is 0.962 bits per heavy atom. The molecular weight excluding hydrogens is 412 g/mol. The van der Waals surface area contributed by atoms with Gasteiger partial charge >= 0.3 is 0 Å². The summed E-state index contributed by atoms with van der Waals surface area (Å²) >= 11 is 9.91. The van der Waals surface area contributed by atoms with Gasteiger partial charge in [0.15, 0.2) is 0 Å². The van der Waals surface area contributed by atoms with Crippen molar-refractivity contribution in [2.75, 3.05) is 0 Å². The fourth-order valence-corrected chi connectivity index (χ4v) is 3.75. The summed E-state index contributed by atoms with van der Waals surface area (Å²) < 4.78 is 3.07. The second-order valence-corrected chi connectivity index (χ2v) is 7.32. The molecule has 1 atom stereocenters. The van der Waals surface area contributed by atoms with Crippen molar-refractivity contribution in [1.82, 2.24) is 9.55 Å². The van der Waals surface area contributed by atoms with Gasteiger partial charge in [-0.05, 0) is 29.8 Å². The van der Waals surface area contributed by atoms with Gasteiger partial charge in [-0.2, -0.15) is 0 Å². The second-order valence-electron chi connectivity index (χ2n) is 6.06. The molecule has 0 amide bonds. The third kappa shape index (κ3) is 3.16. The largest absolute Gasteiger partial charge is 0.380 e. The Balaban J connectivity index is 1.87. The Kier molecular flexibility index (Phi) is 4.81. The van der Waals surface area contributed by atoms with Crippen LogP contribution in [0.15, 0.2) is 77.3 Å². The van der Waals surface area contributed by atoms with E-state index in [9.17, 15) is 5.11 Å². The van der Waals surface area contributed by atoms with Crippen LogP contribution in [0, 0.1) is 0 Å². The van der Waals surface area contributed by atoms with Crippen LogP contribution >= 0.6 is 27.5 Å². The first-order valence-corrected chi connectivity index (χ1v) is 9.43. The molecule has 1 unspecified atom stereocenters. The predicted molar refractivity (Wildman–Crippen MR) is 108 cm³/mol. The number of aromatic nitrogens is 2. The fraction of sp³-hybridized carbons (Fsp3) is 0.0952. The molecule has 0 bridgehead atoms. The van der Waals surface area contributed by atoms with Crippen LogP contribution in [-0.2, 0) is 6.54 Å². The molecule has 1 heterocycles. The molecule has 5 heteroatoms. The SMILES string of the molecule is OC(c1ccccc1Cl)c1nc2ccccc2n1Cc1ccccc1Br. The number of aliphatic hydroxyl groups excluding tert-OH is 1. The van der Waals surface area contributed by atoms with Crippen LogP contribution in [0.4, 0.5) is 0 Å². The van der Waals surface area contributed by atoms with Gasteiger partial charge in [0.25, 0.3) is 0 Å². The smallest absolute Gasteiger partial charge is 0.143 e. The lowest BCUT2D eigenvalue weighted by Crippen LogP contribution is -2.11. The van der Waals surface area contributed by atoms with E-state index in [1.807, 2.05) is 65.2 Å². The van der Waals surface area contributed by atoms with E-state index in [1.54, 1.807) is 6.07 Å². The summed E-state index contributed by atoms with van der Waals surface area (Å²) in [7, 11) is 0. The molecule has 0 fully saturated rings. The van der Waals surface area contributed by atoms with Crippen LogP contribution in [0.25, 0.3) is 11.0 Å². The predicted octanol–water partition coefficient (Wildman–Crippen LogP) is 5.58. The molecule has 0 aliphatic carbocycles. The van der Waals surface area contributed by atoms with Crippen LogP contribution in [0.3, 0.4) is 0 Å². The summed E-state index contributed by atoms with van der Waals surface area (Å²) in [4.78, 5) is 4.69. The van der Waals surface area contributed by atoms with Crippen molar-refractivity contribution in [2.24, 2.45) is 0 Å². The highest BCUT2D eigenvalue weighted by atomic mass is 79.9. The average molecular weight is 428 g/mol. The van der Waals surface area contributed by atoms with Crippen LogP contribution in [0.1, 0.15) is 23.1 Å². The van der Waals surface area contributed by atoms with E-state index >= 15 is 0 Å². The van der Waals surface area contributed by atoms with Crippen LogP contribution < -0.4 is 0 Å². The first kappa shape index (κ1) is 17.3. The molecule has 0 aliphatic heterocycles. The zero-order valence-corrected chi connectivity index (χ0v) is 16.2. The number of halogens is 2. The molecule has 0 spiro atoms. The molecule has 0 radical (unpaired) electrons. The number of aliphatic hydroxyl groups is 1. The monoisotopic (exact) mass is 426 g/mol. The van der Waals surface area contributed by atoms with Crippen molar-refractivity contribution in [3.05, 3.63) is 99.2 Å². The van der Waals surface area contributed by atoms with Crippen molar-refractivity contribution in [2.45, 2.75) is 12.6 Å². The topological polar surface area (TPSA) is 38.1 Å². The summed E-state index contributed by atoms with van der Waals surface area (Å²) in [6.45, 7) is 0.596.